The number of hydrogen-bond donors (Lipinski definition) is 3. The molecule has 0 aromatic heterocycles. The number of hydrogen-bond acceptors (Lipinski definition) is 4. The van der Waals surface area contributed by atoms with E-state index in [1.165, 1.54) is 0 Å². The number of rotatable bonds is 7. The summed E-state index contributed by atoms with van der Waals surface area (Å²) in [7, 11) is 0. The summed E-state index contributed by atoms with van der Waals surface area (Å²) in [5, 5.41) is 13.3. The van der Waals surface area contributed by atoms with E-state index in [2.05, 4.69) is 19.2 Å². The minimum Gasteiger partial charge on any atom is -0.389 e. The van der Waals surface area contributed by atoms with Gasteiger partial charge >= 0.3 is 0 Å². The maximum absolute atomic E-state index is 12.3. The summed E-state index contributed by atoms with van der Waals surface area (Å²) < 4.78 is 0. The van der Waals surface area contributed by atoms with Gasteiger partial charge in [-0.2, -0.15) is 0 Å². The summed E-state index contributed by atoms with van der Waals surface area (Å²) in [5.41, 5.74) is 5.90. The van der Waals surface area contributed by atoms with Gasteiger partial charge in [-0.15, -0.1) is 0 Å². The lowest BCUT2D eigenvalue weighted by atomic mass is 10.0. The van der Waals surface area contributed by atoms with Gasteiger partial charge in [0, 0.05) is 19.5 Å². The fraction of sp³-hybridized carbons (Fsp3) is 0.889. The van der Waals surface area contributed by atoms with Crippen LogP contribution >= 0.6 is 0 Å². The van der Waals surface area contributed by atoms with Crippen LogP contribution in [0.3, 0.4) is 0 Å². The topological polar surface area (TPSA) is 95.7 Å². The molecule has 2 unspecified atom stereocenters. The first-order chi connectivity index (χ1) is 11.2. The van der Waals surface area contributed by atoms with Crippen molar-refractivity contribution in [1.29, 1.82) is 0 Å². The molecule has 0 spiro atoms. The highest BCUT2D eigenvalue weighted by atomic mass is 16.3. The third-order valence-electron chi connectivity index (χ3n) is 4.49. The number of carbonyl (C=O) groups is 2. The largest absolute Gasteiger partial charge is 0.389 e. The zero-order chi connectivity index (χ0) is 18.3. The quantitative estimate of drug-likeness (QED) is 0.650. The van der Waals surface area contributed by atoms with Crippen molar-refractivity contribution in [3.05, 3.63) is 0 Å². The molecule has 0 radical (unpaired) electrons. The summed E-state index contributed by atoms with van der Waals surface area (Å²) in [5.74, 6) is 0.706. The van der Waals surface area contributed by atoms with E-state index < -0.39 is 12.1 Å². The monoisotopic (exact) mass is 341 g/mol. The van der Waals surface area contributed by atoms with Crippen LogP contribution in [0.5, 0.6) is 0 Å². The molecule has 1 saturated heterocycles. The Morgan fingerprint density at radius 3 is 2.50 bits per heavy atom. The molecule has 1 heterocycles. The summed E-state index contributed by atoms with van der Waals surface area (Å²) >= 11 is 0. The summed E-state index contributed by atoms with van der Waals surface area (Å²) in [6, 6.07) is -0.886. The molecule has 140 valence electrons. The normalized spacial score (nSPS) is 23.2. The van der Waals surface area contributed by atoms with Gasteiger partial charge in [-0.3, -0.25) is 9.59 Å². The van der Waals surface area contributed by atoms with Crippen molar-refractivity contribution in [2.75, 3.05) is 13.1 Å². The van der Waals surface area contributed by atoms with Gasteiger partial charge in [0.05, 0.1) is 18.2 Å². The lowest BCUT2D eigenvalue weighted by Crippen LogP contribution is -2.51. The van der Waals surface area contributed by atoms with E-state index in [-0.39, 0.29) is 24.4 Å². The van der Waals surface area contributed by atoms with Gasteiger partial charge in [0.1, 0.15) is 0 Å². The Morgan fingerprint density at radius 1 is 1.25 bits per heavy atom. The number of aliphatic hydroxyl groups excluding tert-OH is 1. The van der Waals surface area contributed by atoms with Crippen molar-refractivity contribution in [3.8, 4) is 0 Å². The highest BCUT2D eigenvalue weighted by molar-refractivity contribution is 5.81. The van der Waals surface area contributed by atoms with Gasteiger partial charge in [0.2, 0.25) is 11.8 Å². The van der Waals surface area contributed by atoms with Crippen molar-refractivity contribution in [2.24, 2.45) is 17.6 Å². The third-order valence-corrected chi connectivity index (χ3v) is 4.49. The van der Waals surface area contributed by atoms with E-state index >= 15 is 0 Å². The predicted octanol–water partition coefficient (Wildman–Crippen LogP) is 1.26. The lowest BCUT2D eigenvalue weighted by Gasteiger charge is -2.26. The third kappa shape index (κ3) is 7.18. The molecule has 6 nitrogen and oxygen atoms in total. The second-order valence-corrected chi connectivity index (χ2v) is 7.83. The number of aliphatic hydroxyl groups is 1. The first-order valence-electron chi connectivity index (χ1n) is 9.22. The van der Waals surface area contributed by atoms with Crippen LogP contribution in [-0.4, -0.2) is 53.1 Å². The smallest absolute Gasteiger partial charge is 0.237 e. The first kappa shape index (κ1) is 20.9. The Balaban J connectivity index is 2.53. The Labute approximate surface area is 146 Å². The standard InChI is InChI=1S/C18H35N3O3/c1-12(2)7-8-17(23)21-9-5-6-15(16(22)11-21)20-18(24)14(19)10-13(3)4/h12-16,22H,5-11,19H2,1-4H3,(H,20,24)/t14?,15?,16-/m0/s1. The Kier molecular flexibility index (Phi) is 8.70. The number of nitrogens with one attached hydrogen (secondary N) is 1. The zero-order valence-corrected chi connectivity index (χ0v) is 15.6. The van der Waals surface area contributed by atoms with Crippen LogP contribution in [0.1, 0.15) is 59.8 Å². The van der Waals surface area contributed by atoms with Crippen LogP contribution in [0.25, 0.3) is 0 Å². The average Bonchev–Trinajstić information content (AvgIpc) is 2.66. The fourth-order valence-electron chi connectivity index (χ4n) is 3.01. The molecule has 1 aliphatic rings. The molecule has 0 aliphatic carbocycles. The minimum absolute atomic E-state index is 0.0891. The van der Waals surface area contributed by atoms with Crippen LogP contribution < -0.4 is 11.1 Å². The molecule has 1 rings (SSSR count). The van der Waals surface area contributed by atoms with Crippen LogP contribution in [0.15, 0.2) is 0 Å². The van der Waals surface area contributed by atoms with E-state index in [1.54, 1.807) is 4.90 Å². The van der Waals surface area contributed by atoms with E-state index in [9.17, 15) is 14.7 Å². The highest BCUT2D eigenvalue weighted by Crippen LogP contribution is 2.15. The fourth-order valence-corrected chi connectivity index (χ4v) is 3.01. The van der Waals surface area contributed by atoms with Gasteiger partial charge in [-0.05, 0) is 37.5 Å². The molecular formula is C18H35N3O3. The molecule has 24 heavy (non-hydrogen) atoms. The lowest BCUT2D eigenvalue weighted by molar-refractivity contribution is -0.132. The molecular weight excluding hydrogens is 306 g/mol. The van der Waals surface area contributed by atoms with Gasteiger partial charge in [0.25, 0.3) is 0 Å². The molecule has 2 amide bonds. The van der Waals surface area contributed by atoms with Gasteiger partial charge in [-0.25, -0.2) is 0 Å². The van der Waals surface area contributed by atoms with Crippen molar-refractivity contribution >= 4 is 11.8 Å². The molecule has 4 N–H and O–H groups in total. The summed E-state index contributed by atoms with van der Waals surface area (Å²) in [6.45, 7) is 9.15. The van der Waals surface area contributed by atoms with Crippen LogP contribution in [0, 0.1) is 11.8 Å². The van der Waals surface area contributed by atoms with Crippen molar-refractivity contribution in [2.45, 2.75) is 78.0 Å². The Bertz CT molecular complexity index is 412. The average molecular weight is 341 g/mol. The maximum Gasteiger partial charge on any atom is 0.237 e. The molecule has 0 aromatic rings. The predicted molar refractivity (Wildman–Crippen MR) is 95.3 cm³/mol. The number of amides is 2. The maximum atomic E-state index is 12.3. The highest BCUT2D eigenvalue weighted by Gasteiger charge is 2.30. The Morgan fingerprint density at radius 2 is 1.92 bits per heavy atom. The van der Waals surface area contributed by atoms with E-state index in [0.29, 0.717) is 37.6 Å². The van der Waals surface area contributed by atoms with E-state index in [0.717, 1.165) is 12.8 Å². The number of nitrogens with two attached hydrogens (primary N) is 1. The molecule has 6 heteroatoms. The molecule has 0 saturated carbocycles. The van der Waals surface area contributed by atoms with Gasteiger partial charge in [0.15, 0.2) is 0 Å². The summed E-state index contributed by atoms with van der Waals surface area (Å²) in [6.07, 6.45) is 2.68. The number of carbonyl (C=O) groups excluding carboxylic acids is 2. The number of likely N-dealkylation sites (tertiary alicyclic amines) is 1. The van der Waals surface area contributed by atoms with Crippen molar-refractivity contribution in [3.63, 3.8) is 0 Å². The molecule has 0 bridgehead atoms. The molecule has 0 aromatic carbocycles. The second kappa shape index (κ2) is 9.99. The zero-order valence-electron chi connectivity index (χ0n) is 15.6. The minimum atomic E-state index is -0.745. The number of β-amino-alcohol motifs (C(OH)–C–C–N with tert-alkyl or cyclic N) is 1. The first-order valence-corrected chi connectivity index (χ1v) is 9.22. The van der Waals surface area contributed by atoms with Gasteiger partial charge < -0.3 is 21.1 Å². The van der Waals surface area contributed by atoms with Crippen molar-refractivity contribution < 1.29 is 14.7 Å². The molecule has 1 fully saturated rings. The number of nitrogens with zero attached hydrogens (tertiary/aromatic N) is 1. The summed E-state index contributed by atoms with van der Waals surface area (Å²) in [4.78, 5) is 26.2. The Hall–Kier alpha value is -1.14. The molecule has 1 aliphatic heterocycles. The van der Waals surface area contributed by atoms with Crippen LogP contribution in [-0.2, 0) is 9.59 Å². The van der Waals surface area contributed by atoms with Gasteiger partial charge in [-0.1, -0.05) is 27.7 Å². The SMILES string of the molecule is CC(C)CCC(=O)N1CCCC(NC(=O)C(N)CC(C)C)[C@@H](O)C1. The second-order valence-electron chi connectivity index (χ2n) is 7.83. The van der Waals surface area contributed by atoms with E-state index in [4.69, 9.17) is 5.73 Å². The van der Waals surface area contributed by atoms with Crippen LogP contribution in [0.4, 0.5) is 0 Å². The molecule has 3 atom stereocenters. The van der Waals surface area contributed by atoms with Crippen LogP contribution in [0.2, 0.25) is 0 Å². The van der Waals surface area contributed by atoms with Crippen molar-refractivity contribution in [1.82, 2.24) is 10.2 Å². The van der Waals surface area contributed by atoms with E-state index in [1.807, 2.05) is 13.8 Å².